The fourth-order valence-electron chi connectivity index (χ4n) is 1.82. The molecule has 3 aromatic rings. The van der Waals surface area contributed by atoms with Crippen molar-refractivity contribution in [2.75, 3.05) is 6.26 Å². The molecule has 3 aromatic heterocycles. The summed E-state index contributed by atoms with van der Waals surface area (Å²) in [6, 6.07) is 1.85. The van der Waals surface area contributed by atoms with E-state index in [1.807, 2.05) is 12.3 Å². The van der Waals surface area contributed by atoms with Gasteiger partial charge in [0.25, 0.3) is 0 Å². The van der Waals surface area contributed by atoms with Crippen LogP contribution >= 0.6 is 11.8 Å². The summed E-state index contributed by atoms with van der Waals surface area (Å²) < 4.78 is 1.78. The SMILES string of the molecule is CSc1ccnc(-c2cnc3cnc(C(C)=O)cn23)n1. The summed E-state index contributed by atoms with van der Waals surface area (Å²) in [6.07, 6.45) is 8.58. The second-order valence-electron chi connectivity index (χ2n) is 4.12. The third kappa shape index (κ3) is 2.16. The zero-order valence-electron chi connectivity index (χ0n) is 10.9. The molecule has 100 valence electrons. The van der Waals surface area contributed by atoms with E-state index in [-0.39, 0.29) is 5.78 Å². The van der Waals surface area contributed by atoms with Gasteiger partial charge in [-0.1, -0.05) is 0 Å². The van der Waals surface area contributed by atoms with E-state index in [4.69, 9.17) is 0 Å². The molecule has 0 fully saturated rings. The van der Waals surface area contributed by atoms with Gasteiger partial charge in [0.1, 0.15) is 11.4 Å². The Labute approximate surface area is 119 Å². The number of carbonyl (C=O) groups is 1. The van der Waals surface area contributed by atoms with Crippen molar-refractivity contribution in [3.8, 4) is 11.5 Å². The number of thioether (sulfide) groups is 1. The highest BCUT2D eigenvalue weighted by Gasteiger charge is 2.11. The molecular weight excluding hydrogens is 274 g/mol. The first-order valence-electron chi connectivity index (χ1n) is 5.90. The van der Waals surface area contributed by atoms with Crippen molar-refractivity contribution in [1.29, 1.82) is 0 Å². The minimum Gasteiger partial charge on any atom is -0.293 e. The number of carbonyl (C=O) groups excluding carboxylic acids is 1. The van der Waals surface area contributed by atoms with Crippen LogP contribution in [-0.4, -0.2) is 36.4 Å². The largest absolute Gasteiger partial charge is 0.293 e. The molecule has 3 heterocycles. The van der Waals surface area contributed by atoms with Gasteiger partial charge in [-0.3, -0.25) is 9.20 Å². The predicted molar refractivity (Wildman–Crippen MR) is 75.8 cm³/mol. The average Bonchev–Trinajstić information content (AvgIpc) is 2.90. The smallest absolute Gasteiger partial charge is 0.179 e. The van der Waals surface area contributed by atoms with E-state index in [1.165, 1.54) is 6.92 Å². The van der Waals surface area contributed by atoms with Crippen LogP contribution in [0.15, 0.2) is 35.9 Å². The fraction of sp³-hybridized carbons (Fsp3) is 0.154. The summed E-state index contributed by atoms with van der Waals surface area (Å²) in [7, 11) is 0. The molecule has 0 atom stereocenters. The van der Waals surface area contributed by atoms with Gasteiger partial charge in [-0.25, -0.2) is 19.9 Å². The Kier molecular flexibility index (Phi) is 3.19. The maximum atomic E-state index is 11.4. The lowest BCUT2D eigenvalue weighted by Crippen LogP contribution is -2.01. The van der Waals surface area contributed by atoms with Gasteiger partial charge < -0.3 is 0 Å². The van der Waals surface area contributed by atoms with E-state index in [9.17, 15) is 4.79 Å². The van der Waals surface area contributed by atoms with Crippen LogP contribution < -0.4 is 0 Å². The highest BCUT2D eigenvalue weighted by atomic mass is 32.2. The summed E-state index contributed by atoms with van der Waals surface area (Å²) in [4.78, 5) is 28.5. The molecule has 0 aromatic carbocycles. The van der Waals surface area contributed by atoms with Gasteiger partial charge in [0.15, 0.2) is 17.3 Å². The Morgan fingerprint density at radius 3 is 2.85 bits per heavy atom. The van der Waals surface area contributed by atoms with Crippen LogP contribution in [-0.2, 0) is 0 Å². The monoisotopic (exact) mass is 285 g/mol. The number of hydrogen-bond donors (Lipinski definition) is 0. The number of rotatable bonds is 3. The standard InChI is InChI=1S/C13H11N5OS/c1-8(19)9-7-18-10(5-16-11(18)6-15-9)13-14-4-3-12(17-13)20-2/h3-7H,1-2H3. The van der Waals surface area contributed by atoms with Crippen molar-refractivity contribution in [3.05, 3.63) is 36.5 Å². The predicted octanol–water partition coefficient (Wildman–Crippen LogP) is 2.11. The Balaban J connectivity index is 2.20. The topological polar surface area (TPSA) is 73.0 Å². The molecule has 0 saturated heterocycles. The summed E-state index contributed by atoms with van der Waals surface area (Å²) in [5, 5.41) is 0.880. The average molecular weight is 285 g/mol. The first-order chi connectivity index (χ1) is 9.69. The lowest BCUT2D eigenvalue weighted by Gasteiger charge is -2.03. The second-order valence-corrected chi connectivity index (χ2v) is 4.95. The van der Waals surface area contributed by atoms with Gasteiger partial charge in [0.05, 0.1) is 17.4 Å². The Hall–Kier alpha value is -2.28. The molecule has 0 bridgehead atoms. The van der Waals surface area contributed by atoms with Gasteiger partial charge in [-0.2, -0.15) is 0 Å². The quantitative estimate of drug-likeness (QED) is 0.417. The van der Waals surface area contributed by atoms with E-state index in [2.05, 4.69) is 19.9 Å². The lowest BCUT2D eigenvalue weighted by molar-refractivity contribution is 0.101. The third-order valence-electron chi connectivity index (χ3n) is 2.82. The van der Waals surface area contributed by atoms with Gasteiger partial charge in [0.2, 0.25) is 0 Å². The Morgan fingerprint density at radius 1 is 1.25 bits per heavy atom. The van der Waals surface area contributed by atoms with Crippen molar-refractivity contribution in [2.45, 2.75) is 11.9 Å². The molecule has 0 N–H and O–H groups in total. The number of ketones is 1. The van der Waals surface area contributed by atoms with Crippen molar-refractivity contribution >= 4 is 23.2 Å². The first-order valence-corrected chi connectivity index (χ1v) is 7.13. The number of nitrogens with zero attached hydrogens (tertiary/aromatic N) is 5. The van der Waals surface area contributed by atoms with Crippen LogP contribution in [0.25, 0.3) is 17.2 Å². The van der Waals surface area contributed by atoms with Crippen LogP contribution in [0.2, 0.25) is 0 Å². The van der Waals surface area contributed by atoms with Crippen LogP contribution in [0.1, 0.15) is 17.4 Å². The number of aromatic nitrogens is 5. The fourth-order valence-corrected chi connectivity index (χ4v) is 2.19. The number of fused-ring (bicyclic) bond motifs is 1. The molecule has 0 spiro atoms. The lowest BCUT2D eigenvalue weighted by atomic mass is 10.3. The number of imidazole rings is 1. The third-order valence-corrected chi connectivity index (χ3v) is 3.47. The highest BCUT2D eigenvalue weighted by Crippen LogP contribution is 2.19. The zero-order valence-corrected chi connectivity index (χ0v) is 11.8. The van der Waals surface area contributed by atoms with Crippen molar-refractivity contribution in [1.82, 2.24) is 24.3 Å². The van der Waals surface area contributed by atoms with E-state index < -0.39 is 0 Å². The van der Waals surface area contributed by atoms with Crippen molar-refractivity contribution in [2.24, 2.45) is 0 Å². The van der Waals surface area contributed by atoms with Crippen LogP contribution in [0, 0.1) is 0 Å². The molecule has 0 aliphatic carbocycles. The minimum absolute atomic E-state index is 0.0923. The van der Waals surface area contributed by atoms with Gasteiger partial charge in [0, 0.05) is 19.3 Å². The number of Topliss-reactive ketones (excluding diaryl/α,β-unsaturated/α-hetero) is 1. The Bertz CT molecular complexity index is 798. The molecule has 0 radical (unpaired) electrons. The van der Waals surface area contributed by atoms with Crippen molar-refractivity contribution < 1.29 is 4.79 Å². The van der Waals surface area contributed by atoms with Crippen LogP contribution in [0.4, 0.5) is 0 Å². The van der Waals surface area contributed by atoms with Gasteiger partial charge in [-0.05, 0) is 12.3 Å². The molecule has 3 rings (SSSR count). The van der Waals surface area contributed by atoms with E-state index >= 15 is 0 Å². The molecule has 7 heteroatoms. The summed E-state index contributed by atoms with van der Waals surface area (Å²) in [6.45, 7) is 1.48. The molecular formula is C13H11N5OS. The maximum absolute atomic E-state index is 11.4. The molecule has 0 saturated carbocycles. The van der Waals surface area contributed by atoms with Crippen molar-refractivity contribution in [3.63, 3.8) is 0 Å². The molecule has 20 heavy (non-hydrogen) atoms. The molecule has 6 nitrogen and oxygen atoms in total. The maximum Gasteiger partial charge on any atom is 0.179 e. The molecule has 0 aliphatic rings. The van der Waals surface area contributed by atoms with Gasteiger partial charge >= 0.3 is 0 Å². The Morgan fingerprint density at radius 2 is 2.10 bits per heavy atom. The van der Waals surface area contributed by atoms with E-state index in [1.54, 1.807) is 40.9 Å². The molecule has 0 amide bonds. The van der Waals surface area contributed by atoms with Gasteiger partial charge in [-0.15, -0.1) is 11.8 Å². The van der Waals surface area contributed by atoms with E-state index in [0.29, 0.717) is 17.2 Å². The first kappa shape index (κ1) is 12.7. The normalized spacial score (nSPS) is 10.9. The number of hydrogen-bond acceptors (Lipinski definition) is 6. The van der Waals surface area contributed by atoms with Crippen LogP contribution in [0.5, 0.6) is 0 Å². The summed E-state index contributed by atoms with van der Waals surface area (Å²) in [5.41, 5.74) is 1.78. The summed E-state index contributed by atoms with van der Waals surface area (Å²) in [5.74, 6) is 0.482. The highest BCUT2D eigenvalue weighted by molar-refractivity contribution is 7.98. The molecule has 0 aliphatic heterocycles. The second kappa shape index (κ2) is 5.01. The van der Waals surface area contributed by atoms with E-state index in [0.717, 1.165) is 10.7 Å². The molecule has 0 unspecified atom stereocenters. The van der Waals surface area contributed by atoms with Crippen LogP contribution in [0.3, 0.4) is 0 Å². The zero-order chi connectivity index (χ0) is 14.1. The summed E-state index contributed by atoms with van der Waals surface area (Å²) >= 11 is 1.55. The minimum atomic E-state index is -0.0923.